The molecule has 1 aliphatic heterocycles. The van der Waals surface area contributed by atoms with E-state index in [-0.39, 0.29) is 12.7 Å². The van der Waals surface area contributed by atoms with Crippen LogP contribution in [0.5, 0.6) is 0 Å². The lowest BCUT2D eigenvalue weighted by Crippen LogP contribution is -2.20. The highest BCUT2D eigenvalue weighted by Crippen LogP contribution is 2.22. The first-order chi connectivity index (χ1) is 7.03. The molecule has 4 heteroatoms. The quantitative estimate of drug-likeness (QED) is 0.401. The van der Waals surface area contributed by atoms with Crippen LogP contribution in [0.15, 0.2) is 24.8 Å². The molecule has 0 unspecified atom stereocenters. The van der Waals surface area contributed by atoms with Gasteiger partial charge in [0.05, 0.1) is 6.61 Å². The van der Waals surface area contributed by atoms with Crippen molar-refractivity contribution in [3.63, 3.8) is 0 Å². The van der Waals surface area contributed by atoms with Gasteiger partial charge in [0.25, 0.3) is 0 Å². The van der Waals surface area contributed by atoms with Gasteiger partial charge in [-0.3, -0.25) is 0 Å². The molecule has 1 atom stereocenters. The van der Waals surface area contributed by atoms with Crippen LogP contribution in [-0.2, 0) is 19.0 Å². The van der Waals surface area contributed by atoms with Crippen molar-refractivity contribution in [1.29, 1.82) is 0 Å². The molecule has 84 valence electrons. The van der Waals surface area contributed by atoms with Crippen molar-refractivity contribution in [2.24, 2.45) is 0 Å². The van der Waals surface area contributed by atoms with Gasteiger partial charge in [-0.1, -0.05) is 12.7 Å². The van der Waals surface area contributed by atoms with Crippen molar-refractivity contribution in [1.82, 2.24) is 0 Å². The molecule has 0 aliphatic carbocycles. The number of carbonyl (C=O) groups excluding carboxylic acids is 1. The summed E-state index contributed by atoms with van der Waals surface area (Å²) in [7, 11) is 0. The molecule has 1 saturated heterocycles. The summed E-state index contributed by atoms with van der Waals surface area (Å²) in [5.41, 5.74) is 0. The molecule has 0 saturated carbocycles. The van der Waals surface area contributed by atoms with Crippen LogP contribution in [0.25, 0.3) is 0 Å². The number of rotatable bonds is 4. The zero-order chi connectivity index (χ0) is 11.3. The molecule has 1 heterocycles. The van der Waals surface area contributed by atoms with Gasteiger partial charge in [0, 0.05) is 6.08 Å². The zero-order valence-electron chi connectivity index (χ0n) is 9.06. The van der Waals surface area contributed by atoms with Crippen molar-refractivity contribution in [2.45, 2.75) is 25.7 Å². The van der Waals surface area contributed by atoms with Gasteiger partial charge in [0.2, 0.25) is 0 Å². The van der Waals surface area contributed by atoms with Crippen LogP contribution in [0.4, 0.5) is 0 Å². The minimum atomic E-state index is -0.569. The maximum absolute atomic E-state index is 11.1. The number of esters is 1. The molecule has 0 bridgehead atoms. The van der Waals surface area contributed by atoms with Crippen molar-refractivity contribution in [3.8, 4) is 0 Å². The molecule has 0 aromatic rings. The highest BCUT2D eigenvalue weighted by Gasteiger charge is 2.31. The minimum Gasteiger partial charge on any atom is -0.458 e. The van der Waals surface area contributed by atoms with Crippen LogP contribution in [0.3, 0.4) is 0 Å². The summed E-state index contributed by atoms with van der Waals surface area (Å²) in [6.07, 6.45) is 4.32. The molecule has 1 rings (SSSR count). The van der Waals surface area contributed by atoms with Gasteiger partial charge < -0.3 is 14.2 Å². The second kappa shape index (κ2) is 5.09. The van der Waals surface area contributed by atoms with Crippen LogP contribution < -0.4 is 0 Å². The molecule has 0 aromatic heterocycles. The summed E-state index contributed by atoms with van der Waals surface area (Å²) in [5, 5.41) is 0. The fourth-order valence-corrected chi connectivity index (χ4v) is 1.19. The highest BCUT2D eigenvalue weighted by molar-refractivity contribution is 5.82. The Morgan fingerprint density at radius 3 is 2.93 bits per heavy atom. The van der Waals surface area contributed by atoms with E-state index in [9.17, 15) is 4.79 Å². The van der Waals surface area contributed by atoms with Crippen LogP contribution >= 0.6 is 0 Å². The number of hydrogen-bond donors (Lipinski definition) is 0. The van der Waals surface area contributed by atoms with Gasteiger partial charge in [-0.25, -0.2) is 4.79 Å². The van der Waals surface area contributed by atoms with Gasteiger partial charge in [-0.05, 0) is 19.9 Å². The van der Waals surface area contributed by atoms with Crippen molar-refractivity contribution >= 4 is 5.97 Å². The van der Waals surface area contributed by atoms with Crippen molar-refractivity contribution in [3.05, 3.63) is 24.8 Å². The first kappa shape index (κ1) is 11.9. The average Bonchev–Trinajstić information content (AvgIpc) is 2.52. The second-order valence-electron chi connectivity index (χ2n) is 3.64. The van der Waals surface area contributed by atoms with Gasteiger partial charge >= 0.3 is 5.97 Å². The maximum Gasteiger partial charge on any atom is 0.330 e. The van der Waals surface area contributed by atoms with Gasteiger partial charge in [-0.15, -0.1) is 0 Å². The van der Waals surface area contributed by atoms with E-state index < -0.39 is 11.8 Å². The lowest BCUT2D eigenvalue weighted by Gasteiger charge is -2.15. The molecule has 4 nitrogen and oxygen atoms in total. The third-order valence-corrected chi connectivity index (χ3v) is 1.82. The van der Waals surface area contributed by atoms with Gasteiger partial charge in [0.15, 0.2) is 5.79 Å². The van der Waals surface area contributed by atoms with E-state index in [0.29, 0.717) is 6.61 Å². The molecule has 0 radical (unpaired) electrons. The predicted molar refractivity (Wildman–Crippen MR) is 55.2 cm³/mol. The summed E-state index contributed by atoms with van der Waals surface area (Å²) < 4.78 is 15.6. The Balaban J connectivity index is 2.32. The van der Waals surface area contributed by atoms with Gasteiger partial charge in [0.1, 0.15) is 12.7 Å². The third-order valence-electron chi connectivity index (χ3n) is 1.82. The molecule has 1 aliphatic rings. The predicted octanol–water partition coefficient (Wildman–Crippen LogP) is 1.42. The smallest absolute Gasteiger partial charge is 0.330 e. The summed E-state index contributed by atoms with van der Waals surface area (Å²) in [6.45, 7) is 7.78. The van der Waals surface area contributed by atoms with Crippen LogP contribution in [0, 0.1) is 0 Å². The Labute approximate surface area is 89.5 Å². The van der Waals surface area contributed by atoms with E-state index in [1.54, 1.807) is 6.08 Å². The number of ether oxygens (including phenoxy) is 3. The van der Waals surface area contributed by atoms with E-state index >= 15 is 0 Å². The van der Waals surface area contributed by atoms with E-state index in [1.807, 2.05) is 13.8 Å². The molecule has 0 N–H and O–H groups in total. The Kier molecular flexibility index (Phi) is 4.05. The van der Waals surface area contributed by atoms with Crippen molar-refractivity contribution < 1.29 is 19.0 Å². The summed E-state index contributed by atoms with van der Waals surface area (Å²) >= 11 is 0. The zero-order valence-corrected chi connectivity index (χ0v) is 9.06. The Hall–Kier alpha value is -1.13. The SMILES string of the molecule is C=CCOC(=O)/C=C\[C@H]1COC(C)(C)O1. The minimum absolute atomic E-state index is 0.184. The van der Waals surface area contributed by atoms with Crippen LogP contribution in [-0.4, -0.2) is 31.1 Å². The molecular formula is C11H16O4. The van der Waals surface area contributed by atoms with Crippen LogP contribution in [0.1, 0.15) is 13.8 Å². The van der Waals surface area contributed by atoms with E-state index in [0.717, 1.165) is 0 Å². The first-order valence-corrected chi connectivity index (χ1v) is 4.81. The number of carbonyl (C=O) groups is 1. The molecule has 0 aromatic carbocycles. The molecule has 1 fully saturated rings. The summed E-state index contributed by atoms with van der Waals surface area (Å²) in [6, 6.07) is 0. The standard InChI is InChI=1S/C11H16O4/c1-4-7-13-10(12)6-5-9-8-14-11(2,3)15-9/h4-6,9H,1,7-8H2,2-3H3/b6-5-/t9-/m0/s1. The second-order valence-corrected chi connectivity index (χ2v) is 3.64. The van der Waals surface area contributed by atoms with Gasteiger partial charge in [-0.2, -0.15) is 0 Å². The van der Waals surface area contributed by atoms with E-state index in [1.165, 1.54) is 12.2 Å². The third kappa shape index (κ3) is 4.27. The molecule has 0 amide bonds. The molecule has 0 spiro atoms. The largest absolute Gasteiger partial charge is 0.458 e. The lowest BCUT2D eigenvalue weighted by molar-refractivity contribution is -0.137. The fraction of sp³-hybridized carbons (Fsp3) is 0.545. The topological polar surface area (TPSA) is 44.8 Å². The average molecular weight is 212 g/mol. The Morgan fingerprint density at radius 2 is 2.40 bits per heavy atom. The fourth-order valence-electron chi connectivity index (χ4n) is 1.19. The monoisotopic (exact) mass is 212 g/mol. The number of hydrogen-bond acceptors (Lipinski definition) is 4. The summed E-state index contributed by atoms with van der Waals surface area (Å²) in [5.74, 6) is -0.969. The first-order valence-electron chi connectivity index (χ1n) is 4.81. The lowest BCUT2D eigenvalue weighted by atomic mass is 10.3. The van der Waals surface area contributed by atoms with Crippen molar-refractivity contribution in [2.75, 3.05) is 13.2 Å². The van der Waals surface area contributed by atoms with E-state index in [4.69, 9.17) is 14.2 Å². The summed E-state index contributed by atoms with van der Waals surface area (Å²) in [4.78, 5) is 11.1. The van der Waals surface area contributed by atoms with Crippen LogP contribution in [0.2, 0.25) is 0 Å². The maximum atomic E-state index is 11.1. The molecule has 15 heavy (non-hydrogen) atoms. The Morgan fingerprint density at radius 1 is 1.67 bits per heavy atom. The molecular weight excluding hydrogens is 196 g/mol. The Bertz CT molecular complexity index is 268. The van der Waals surface area contributed by atoms with E-state index in [2.05, 4.69) is 6.58 Å². The highest BCUT2D eigenvalue weighted by atomic mass is 16.7. The normalized spacial score (nSPS) is 24.3.